The van der Waals surface area contributed by atoms with E-state index in [2.05, 4.69) is 22.8 Å². The number of carbonyl (C=O) groups is 2. The molecule has 0 saturated heterocycles. The van der Waals surface area contributed by atoms with Crippen molar-refractivity contribution in [1.82, 2.24) is 15.5 Å². The van der Waals surface area contributed by atoms with E-state index in [0.29, 0.717) is 6.54 Å². The van der Waals surface area contributed by atoms with Crippen molar-refractivity contribution in [2.24, 2.45) is 0 Å². The summed E-state index contributed by atoms with van der Waals surface area (Å²) in [6.45, 7) is 0.844. The van der Waals surface area contributed by atoms with Gasteiger partial charge in [-0.1, -0.05) is 42.5 Å². The van der Waals surface area contributed by atoms with Crippen molar-refractivity contribution in [3.8, 4) is 0 Å². The molecule has 0 saturated carbocycles. The molecule has 6 heteroatoms. The van der Waals surface area contributed by atoms with Gasteiger partial charge in [0, 0.05) is 20.1 Å². The highest BCUT2D eigenvalue weighted by Crippen LogP contribution is 2.03. The van der Waals surface area contributed by atoms with E-state index in [4.69, 9.17) is 0 Å². The number of nitrogens with one attached hydrogen (secondary N) is 2. The minimum Gasteiger partial charge on any atom is -0.344 e. The van der Waals surface area contributed by atoms with Crippen molar-refractivity contribution in [2.45, 2.75) is 19.4 Å². The van der Waals surface area contributed by atoms with E-state index in [9.17, 15) is 14.0 Å². The molecule has 26 heavy (non-hydrogen) atoms. The molecule has 0 radical (unpaired) electrons. The zero-order valence-electron chi connectivity index (χ0n) is 14.9. The molecule has 3 amide bonds. The Labute approximate surface area is 153 Å². The van der Waals surface area contributed by atoms with Gasteiger partial charge in [-0.05, 0) is 36.1 Å². The molecular weight excluding hydrogens is 333 g/mol. The Bertz CT molecular complexity index is 705. The molecule has 0 bridgehead atoms. The number of hydrogen-bond donors (Lipinski definition) is 2. The third kappa shape index (κ3) is 6.93. The van der Waals surface area contributed by atoms with E-state index in [1.165, 1.54) is 17.7 Å². The van der Waals surface area contributed by atoms with Gasteiger partial charge >= 0.3 is 6.03 Å². The lowest BCUT2D eigenvalue weighted by Crippen LogP contribution is -2.42. The summed E-state index contributed by atoms with van der Waals surface area (Å²) in [7, 11) is 1.73. The fourth-order valence-electron chi connectivity index (χ4n) is 2.43. The quantitative estimate of drug-likeness (QED) is 0.763. The first kappa shape index (κ1) is 19.4. The Morgan fingerprint density at radius 3 is 2.35 bits per heavy atom. The standard InChI is InChI=1S/C20H24FN3O2/c1-24(13-5-8-16-6-3-2-4-7-16)19(25)15-23-20(26)22-14-17-9-11-18(21)12-10-17/h2-4,6-7,9-12H,5,8,13-15H2,1H3,(H2,22,23,26). The van der Waals surface area contributed by atoms with Crippen LogP contribution in [0.15, 0.2) is 54.6 Å². The molecule has 0 spiro atoms. The first-order valence-corrected chi connectivity index (χ1v) is 8.58. The number of halogens is 1. The molecule has 0 aliphatic carbocycles. The van der Waals surface area contributed by atoms with Gasteiger partial charge in [-0.25, -0.2) is 9.18 Å². The van der Waals surface area contributed by atoms with Crippen LogP contribution >= 0.6 is 0 Å². The Morgan fingerprint density at radius 2 is 1.65 bits per heavy atom. The zero-order valence-corrected chi connectivity index (χ0v) is 14.9. The van der Waals surface area contributed by atoms with E-state index in [1.807, 2.05) is 18.2 Å². The number of urea groups is 1. The van der Waals surface area contributed by atoms with Crippen LogP contribution in [0.1, 0.15) is 17.5 Å². The second kappa shape index (κ2) is 10.2. The van der Waals surface area contributed by atoms with E-state index in [1.54, 1.807) is 24.1 Å². The number of hydrogen-bond acceptors (Lipinski definition) is 2. The summed E-state index contributed by atoms with van der Waals surface area (Å²) in [5.41, 5.74) is 2.03. The fourth-order valence-corrected chi connectivity index (χ4v) is 2.43. The van der Waals surface area contributed by atoms with Crippen LogP contribution in [0.5, 0.6) is 0 Å². The van der Waals surface area contributed by atoms with Crippen LogP contribution in [0.3, 0.4) is 0 Å². The minimum absolute atomic E-state index is 0.0584. The predicted octanol–water partition coefficient (Wildman–Crippen LogP) is 2.72. The molecule has 2 aromatic carbocycles. The van der Waals surface area contributed by atoms with Crippen molar-refractivity contribution in [2.75, 3.05) is 20.1 Å². The highest BCUT2D eigenvalue weighted by Gasteiger charge is 2.10. The van der Waals surface area contributed by atoms with Crippen molar-refractivity contribution < 1.29 is 14.0 Å². The lowest BCUT2D eigenvalue weighted by molar-refractivity contribution is -0.128. The monoisotopic (exact) mass is 357 g/mol. The number of carbonyl (C=O) groups excluding carboxylic acids is 2. The summed E-state index contributed by atoms with van der Waals surface area (Å²) in [4.78, 5) is 25.4. The molecule has 0 heterocycles. The molecule has 5 nitrogen and oxygen atoms in total. The molecule has 0 fully saturated rings. The van der Waals surface area contributed by atoms with Crippen LogP contribution < -0.4 is 10.6 Å². The number of likely N-dealkylation sites (N-methyl/N-ethyl adjacent to an activating group) is 1. The summed E-state index contributed by atoms with van der Waals surface area (Å²) in [6, 6.07) is 15.5. The molecule has 0 atom stereocenters. The van der Waals surface area contributed by atoms with Gasteiger partial charge in [0.2, 0.25) is 5.91 Å². The number of nitrogens with zero attached hydrogens (tertiary/aromatic N) is 1. The molecule has 0 unspecified atom stereocenters. The third-order valence-electron chi connectivity index (χ3n) is 3.99. The Morgan fingerprint density at radius 1 is 0.962 bits per heavy atom. The molecule has 0 aliphatic heterocycles. The normalized spacial score (nSPS) is 10.2. The van der Waals surface area contributed by atoms with Gasteiger partial charge in [-0.3, -0.25) is 4.79 Å². The summed E-state index contributed by atoms with van der Waals surface area (Å²) in [5, 5.41) is 5.17. The highest BCUT2D eigenvalue weighted by atomic mass is 19.1. The SMILES string of the molecule is CN(CCCc1ccccc1)C(=O)CNC(=O)NCc1ccc(F)cc1. The van der Waals surface area contributed by atoms with E-state index in [-0.39, 0.29) is 24.8 Å². The lowest BCUT2D eigenvalue weighted by Gasteiger charge is -2.17. The van der Waals surface area contributed by atoms with Gasteiger partial charge < -0.3 is 15.5 Å². The van der Waals surface area contributed by atoms with E-state index in [0.717, 1.165) is 18.4 Å². The summed E-state index contributed by atoms with van der Waals surface area (Å²) in [6.07, 6.45) is 1.77. The number of benzene rings is 2. The largest absolute Gasteiger partial charge is 0.344 e. The second-order valence-electron chi connectivity index (χ2n) is 6.07. The minimum atomic E-state index is -0.430. The fraction of sp³-hybridized carbons (Fsp3) is 0.300. The van der Waals surface area contributed by atoms with Crippen molar-refractivity contribution >= 4 is 11.9 Å². The van der Waals surface area contributed by atoms with Gasteiger partial charge in [-0.15, -0.1) is 0 Å². The van der Waals surface area contributed by atoms with Gasteiger partial charge in [0.15, 0.2) is 0 Å². The Kier molecular flexibility index (Phi) is 7.61. The molecule has 0 aliphatic rings. The first-order valence-electron chi connectivity index (χ1n) is 8.58. The van der Waals surface area contributed by atoms with E-state index >= 15 is 0 Å². The summed E-state index contributed by atoms with van der Waals surface area (Å²) in [5.74, 6) is -0.464. The van der Waals surface area contributed by atoms with Gasteiger partial charge in [0.25, 0.3) is 0 Å². The van der Waals surface area contributed by atoms with Gasteiger partial charge in [0.05, 0.1) is 6.54 Å². The van der Waals surface area contributed by atoms with Crippen molar-refractivity contribution in [3.63, 3.8) is 0 Å². The zero-order chi connectivity index (χ0) is 18.8. The predicted molar refractivity (Wildman–Crippen MR) is 99.0 cm³/mol. The van der Waals surface area contributed by atoms with Crippen LogP contribution in [-0.2, 0) is 17.8 Å². The molecule has 2 rings (SSSR count). The first-order chi connectivity index (χ1) is 12.5. The van der Waals surface area contributed by atoms with Crippen LogP contribution in [0, 0.1) is 5.82 Å². The Hall–Kier alpha value is -2.89. The topological polar surface area (TPSA) is 61.4 Å². The third-order valence-corrected chi connectivity index (χ3v) is 3.99. The van der Waals surface area contributed by atoms with Crippen molar-refractivity contribution in [1.29, 1.82) is 0 Å². The van der Waals surface area contributed by atoms with Crippen molar-refractivity contribution in [3.05, 3.63) is 71.5 Å². The maximum absolute atomic E-state index is 12.8. The van der Waals surface area contributed by atoms with E-state index < -0.39 is 6.03 Å². The van der Waals surface area contributed by atoms with Crippen LogP contribution in [0.4, 0.5) is 9.18 Å². The summed E-state index contributed by atoms with van der Waals surface area (Å²) >= 11 is 0. The second-order valence-corrected chi connectivity index (χ2v) is 6.07. The van der Waals surface area contributed by atoms with Crippen LogP contribution in [0.25, 0.3) is 0 Å². The molecule has 0 aromatic heterocycles. The van der Waals surface area contributed by atoms with Gasteiger partial charge in [-0.2, -0.15) is 0 Å². The average molecular weight is 357 g/mol. The lowest BCUT2D eigenvalue weighted by atomic mass is 10.1. The smallest absolute Gasteiger partial charge is 0.315 e. The number of amides is 3. The molecular formula is C20H24FN3O2. The van der Waals surface area contributed by atoms with Crippen LogP contribution in [-0.4, -0.2) is 37.0 Å². The van der Waals surface area contributed by atoms with Crippen LogP contribution in [0.2, 0.25) is 0 Å². The Balaban J connectivity index is 1.61. The molecule has 2 N–H and O–H groups in total. The highest BCUT2D eigenvalue weighted by molar-refractivity contribution is 5.83. The summed E-state index contributed by atoms with van der Waals surface area (Å²) < 4.78 is 12.8. The van der Waals surface area contributed by atoms with Gasteiger partial charge in [0.1, 0.15) is 5.82 Å². The average Bonchev–Trinajstić information content (AvgIpc) is 2.66. The molecule has 138 valence electrons. The maximum atomic E-state index is 12.8. The maximum Gasteiger partial charge on any atom is 0.315 e. The number of rotatable bonds is 8. The molecule has 2 aromatic rings. The number of aryl methyl sites for hydroxylation is 1.